The quantitative estimate of drug-likeness (QED) is 0.781. The van der Waals surface area contributed by atoms with Crippen LogP contribution in [0.15, 0.2) is 4.52 Å². The van der Waals surface area contributed by atoms with E-state index in [0.29, 0.717) is 0 Å². The Morgan fingerprint density at radius 3 is 2.46 bits per heavy atom. The summed E-state index contributed by atoms with van der Waals surface area (Å²) in [5.74, 6) is 0.0785. The summed E-state index contributed by atoms with van der Waals surface area (Å²) in [7, 11) is 0. The lowest BCUT2D eigenvalue weighted by atomic mass is 10.1. The zero-order valence-corrected chi connectivity index (χ0v) is 6.85. The van der Waals surface area contributed by atoms with E-state index in [1.54, 1.807) is 6.92 Å². The number of aryl methyl sites for hydroxylation is 1. The molecule has 0 saturated carbocycles. The van der Waals surface area contributed by atoms with E-state index in [1.165, 1.54) is 0 Å². The lowest BCUT2D eigenvalue weighted by Crippen LogP contribution is -2.09. The molecule has 0 saturated heterocycles. The maximum atomic E-state index is 12.2. The number of halogens is 3. The normalized spacial score (nSPS) is 12.1. The van der Waals surface area contributed by atoms with Crippen molar-refractivity contribution in [2.75, 3.05) is 0 Å². The molecule has 6 heteroatoms. The standard InChI is InChI=1S/C7H8F3NO2/c1-2-5-4(3-12)6(11-13-5)7(8,9)10/h12H,2-3H2,1H3. The van der Waals surface area contributed by atoms with Crippen molar-refractivity contribution < 1.29 is 22.8 Å². The van der Waals surface area contributed by atoms with Gasteiger partial charge in [0.05, 0.1) is 12.2 Å². The molecule has 0 atom stereocenters. The molecule has 0 unspecified atom stereocenters. The van der Waals surface area contributed by atoms with Gasteiger partial charge in [0.15, 0.2) is 5.69 Å². The van der Waals surface area contributed by atoms with Gasteiger partial charge in [-0.3, -0.25) is 0 Å². The maximum absolute atomic E-state index is 12.2. The number of alkyl halides is 3. The number of hydrogen-bond acceptors (Lipinski definition) is 3. The zero-order valence-electron chi connectivity index (χ0n) is 6.85. The number of aromatic nitrogens is 1. The van der Waals surface area contributed by atoms with Gasteiger partial charge in [-0.1, -0.05) is 12.1 Å². The first-order valence-electron chi connectivity index (χ1n) is 3.66. The second-order valence-electron chi connectivity index (χ2n) is 2.44. The smallest absolute Gasteiger partial charge is 0.391 e. The van der Waals surface area contributed by atoms with Crippen molar-refractivity contribution in [3.63, 3.8) is 0 Å². The second kappa shape index (κ2) is 3.37. The number of rotatable bonds is 2. The fourth-order valence-corrected chi connectivity index (χ4v) is 1.01. The second-order valence-corrected chi connectivity index (χ2v) is 2.44. The minimum atomic E-state index is -4.56. The topological polar surface area (TPSA) is 46.3 Å². The molecule has 1 aromatic heterocycles. The zero-order chi connectivity index (χ0) is 10.1. The fraction of sp³-hybridized carbons (Fsp3) is 0.571. The molecule has 74 valence electrons. The Kier molecular flexibility index (Phi) is 2.60. The van der Waals surface area contributed by atoms with Crippen molar-refractivity contribution in [1.82, 2.24) is 5.16 Å². The van der Waals surface area contributed by atoms with Crippen LogP contribution in [0, 0.1) is 0 Å². The molecule has 0 spiro atoms. The van der Waals surface area contributed by atoms with Gasteiger partial charge in [0.25, 0.3) is 0 Å². The molecule has 1 aromatic rings. The van der Waals surface area contributed by atoms with Gasteiger partial charge in [0.1, 0.15) is 5.76 Å². The van der Waals surface area contributed by atoms with E-state index in [0.717, 1.165) is 0 Å². The largest absolute Gasteiger partial charge is 0.437 e. The molecule has 1 N–H and O–H groups in total. The third kappa shape index (κ3) is 1.82. The number of hydrogen-bond donors (Lipinski definition) is 1. The van der Waals surface area contributed by atoms with E-state index in [9.17, 15) is 13.2 Å². The molecule has 1 rings (SSSR count). The van der Waals surface area contributed by atoms with Crippen LogP contribution in [0.25, 0.3) is 0 Å². The molecule has 0 aliphatic rings. The third-order valence-electron chi connectivity index (χ3n) is 1.62. The maximum Gasteiger partial charge on any atom is 0.437 e. The summed E-state index contributed by atoms with van der Waals surface area (Å²) in [6, 6.07) is 0. The molecule has 0 aliphatic heterocycles. The number of nitrogens with zero attached hydrogens (tertiary/aromatic N) is 1. The summed E-state index contributed by atoms with van der Waals surface area (Å²) in [6.45, 7) is 0.918. The predicted octanol–water partition coefficient (Wildman–Crippen LogP) is 1.75. The van der Waals surface area contributed by atoms with Crippen molar-refractivity contribution in [3.8, 4) is 0 Å². The highest BCUT2D eigenvalue weighted by molar-refractivity contribution is 5.24. The first-order valence-corrected chi connectivity index (χ1v) is 3.66. The highest BCUT2D eigenvalue weighted by Crippen LogP contribution is 2.32. The van der Waals surface area contributed by atoms with Crippen molar-refractivity contribution >= 4 is 0 Å². The molecule has 0 amide bonds. The summed E-state index contributed by atoms with van der Waals surface area (Å²) < 4.78 is 40.9. The summed E-state index contributed by atoms with van der Waals surface area (Å²) >= 11 is 0. The van der Waals surface area contributed by atoms with Crippen LogP contribution >= 0.6 is 0 Å². The van der Waals surface area contributed by atoms with E-state index in [-0.39, 0.29) is 17.7 Å². The molecule has 0 fully saturated rings. The Morgan fingerprint density at radius 2 is 2.08 bits per heavy atom. The Labute approximate surface area is 72.1 Å². The van der Waals surface area contributed by atoms with Gasteiger partial charge in [0.2, 0.25) is 0 Å². The molecule has 13 heavy (non-hydrogen) atoms. The molecule has 0 radical (unpaired) electrons. The van der Waals surface area contributed by atoms with E-state index < -0.39 is 18.5 Å². The van der Waals surface area contributed by atoms with Gasteiger partial charge in [0, 0.05) is 6.42 Å². The first kappa shape index (κ1) is 10.0. The summed E-state index contributed by atoms with van der Waals surface area (Å²) in [6.07, 6.45) is -4.28. The molecule has 0 bridgehead atoms. The van der Waals surface area contributed by atoms with Crippen molar-refractivity contribution in [2.24, 2.45) is 0 Å². The first-order chi connectivity index (χ1) is 6.00. The minimum absolute atomic E-state index is 0.0785. The van der Waals surface area contributed by atoms with Crippen LogP contribution in [-0.2, 0) is 19.2 Å². The van der Waals surface area contributed by atoms with Gasteiger partial charge in [-0.25, -0.2) is 0 Å². The molecular formula is C7H8F3NO2. The predicted molar refractivity (Wildman–Crippen MR) is 36.8 cm³/mol. The van der Waals surface area contributed by atoms with E-state index in [2.05, 4.69) is 9.68 Å². The van der Waals surface area contributed by atoms with Crippen molar-refractivity contribution in [2.45, 2.75) is 26.1 Å². The fourth-order valence-electron chi connectivity index (χ4n) is 1.01. The third-order valence-corrected chi connectivity index (χ3v) is 1.62. The Balaban J connectivity index is 3.16. The van der Waals surface area contributed by atoms with Crippen LogP contribution in [0.2, 0.25) is 0 Å². The van der Waals surface area contributed by atoms with Gasteiger partial charge in [-0.2, -0.15) is 13.2 Å². The van der Waals surface area contributed by atoms with Gasteiger partial charge in [-0.15, -0.1) is 0 Å². The summed E-state index contributed by atoms with van der Waals surface area (Å²) in [5.41, 5.74) is -1.40. The molecular weight excluding hydrogens is 187 g/mol. The van der Waals surface area contributed by atoms with E-state index in [4.69, 9.17) is 5.11 Å². The van der Waals surface area contributed by atoms with Gasteiger partial charge < -0.3 is 9.63 Å². The SMILES string of the molecule is CCc1onc(C(F)(F)F)c1CO. The molecule has 3 nitrogen and oxygen atoms in total. The lowest BCUT2D eigenvalue weighted by molar-refractivity contribution is -0.143. The van der Waals surface area contributed by atoms with E-state index in [1.807, 2.05) is 0 Å². The molecule has 0 aromatic carbocycles. The van der Waals surface area contributed by atoms with Crippen molar-refractivity contribution in [1.29, 1.82) is 0 Å². The van der Waals surface area contributed by atoms with Crippen LogP contribution in [0.4, 0.5) is 13.2 Å². The van der Waals surface area contributed by atoms with Gasteiger partial charge in [-0.05, 0) is 0 Å². The average molecular weight is 195 g/mol. The van der Waals surface area contributed by atoms with Crippen LogP contribution in [0.1, 0.15) is 23.9 Å². The van der Waals surface area contributed by atoms with Gasteiger partial charge >= 0.3 is 6.18 Å². The Hall–Kier alpha value is -1.04. The average Bonchev–Trinajstić information content (AvgIpc) is 2.45. The Bertz CT molecular complexity index is 292. The van der Waals surface area contributed by atoms with Crippen LogP contribution in [0.5, 0.6) is 0 Å². The van der Waals surface area contributed by atoms with Crippen molar-refractivity contribution in [3.05, 3.63) is 17.0 Å². The minimum Gasteiger partial charge on any atom is -0.391 e. The monoisotopic (exact) mass is 195 g/mol. The van der Waals surface area contributed by atoms with E-state index >= 15 is 0 Å². The Morgan fingerprint density at radius 1 is 1.46 bits per heavy atom. The molecule has 1 heterocycles. The summed E-state index contributed by atoms with van der Waals surface area (Å²) in [5, 5.41) is 11.6. The lowest BCUT2D eigenvalue weighted by Gasteiger charge is -2.02. The summed E-state index contributed by atoms with van der Waals surface area (Å²) in [4.78, 5) is 0. The molecule has 0 aliphatic carbocycles. The van der Waals surface area contributed by atoms with Crippen LogP contribution < -0.4 is 0 Å². The highest BCUT2D eigenvalue weighted by Gasteiger charge is 2.38. The van der Waals surface area contributed by atoms with Crippen LogP contribution in [0.3, 0.4) is 0 Å². The number of aliphatic hydroxyl groups is 1. The van der Waals surface area contributed by atoms with Crippen LogP contribution in [-0.4, -0.2) is 10.3 Å². The number of aliphatic hydroxyl groups excluding tert-OH is 1. The highest BCUT2D eigenvalue weighted by atomic mass is 19.4.